The van der Waals surface area contributed by atoms with Gasteiger partial charge in [0, 0.05) is 26.2 Å². The molecule has 2 aliphatic heterocycles. The summed E-state index contributed by atoms with van der Waals surface area (Å²) in [5.41, 5.74) is 2.84. The van der Waals surface area contributed by atoms with Crippen molar-refractivity contribution in [2.75, 3.05) is 36.5 Å². The van der Waals surface area contributed by atoms with E-state index in [9.17, 15) is 29.2 Å². The molecule has 1 aromatic heterocycles. The molecule has 2 aliphatic rings. The van der Waals surface area contributed by atoms with Crippen LogP contribution < -0.4 is 9.80 Å². The fourth-order valence-electron chi connectivity index (χ4n) is 4.44. The largest absolute Gasteiger partial charge is 0.449 e. The molecule has 1 unspecified atom stereocenters. The number of aromatic nitrogens is 2. The number of nitrogens with zero attached hydrogens (tertiary/aromatic N) is 5. The lowest BCUT2D eigenvalue weighted by Crippen LogP contribution is -2.36. The Balaban J connectivity index is 1.26. The molecular formula is C22H30FN5O8P2. The predicted octanol–water partition coefficient (Wildman–Crippen LogP) is 2.17. The third kappa shape index (κ3) is 6.33. The van der Waals surface area contributed by atoms with E-state index < -0.39 is 46.3 Å². The number of carbonyl (C=O) groups is 2. The highest BCUT2D eigenvalue weighted by atomic mass is 31.2. The molecule has 0 saturated carbocycles. The summed E-state index contributed by atoms with van der Waals surface area (Å²) < 4.78 is 27.3. The average Bonchev–Trinajstić information content (AvgIpc) is 3.53. The van der Waals surface area contributed by atoms with E-state index in [2.05, 4.69) is 5.10 Å². The highest BCUT2D eigenvalue weighted by Gasteiger charge is 2.35. The quantitative estimate of drug-likeness (QED) is 0.245. The van der Waals surface area contributed by atoms with Crippen molar-refractivity contribution < 1.29 is 43.0 Å². The van der Waals surface area contributed by atoms with Crippen molar-refractivity contribution >= 4 is 40.3 Å². The first kappa shape index (κ1) is 28.4. The van der Waals surface area contributed by atoms with E-state index in [0.29, 0.717) is 24.5 Å². The van der Waals surface area contributed by atoms with E-state index in [1.807, 2.05) is 11.9 Å². The van der Waals surface area contributed by atoms with Crippen LogP contribution in [0, 0.1) is 5.82 Å². The number of hydrogen-bond acceptors (Lipinski definition) is 10. The number of carbonyl (C=O) groups excluding carboxylic acids is 2. The number of rotatable bonds is 10. The SMILES string of the molecule is CN(CC1CN(c2ccc(N3Cc4cnn(C)c4C3)c(F)c2)C(=O)O1)C(=O)OCCCC(P(O)O)P(O)O. The van der Waals surface area contributed by atoms with Crippen molar-refractivity contribution in [3.05, 3.63) is 41.5 Å². The number of amides is 2. The van der Waals surface area contributed by atoms with Gasteiger partial charge in [-0.1, -0.05) is 0 Å². The molecule has 1 aromatic carbocycles. The number of cyclic esters (lactones) is 1. The second kappa shape index (κ2) is 12.1. The molecule has 0 spiro atoms. The van der Waals surface area contributed by atoms with Gasteiger partial charge < -0.3 is 38.8 Å². The summed E-state index contributed by atoms with van der Waals surface area (Å²) >= 11 is 0. The first-order chi connectivity index (χ1) is 18.0. The molecule has 3 heterocycles. The molecule has 0 bridgehead atoms. The Kier molecular flexibility index (Phi) is 9.02. The van der Waals surface area contributed by atoms with Crippen LogP contribution in [-0.2, 0) is 29.6 Å². The van der Waals surface area contributed by atoms with Crippen LogP contribution in [-0.4, -0.2) is 84.7 Å². The zero-order chi connectivity index (χ0) is 27.6. The van der Waals surface area contributed by atoms with Gasteiger partial charge in [-0.2, -0.15) is 5.10 Å². The smallest absolute Gasteiger partial charge is 0.414 e. The molecule has 1 saturated heterocycles. The summed E-state index contributed by atoms with van der Waals surface area (Å²) in [7, 11) is -1.69. The summed E-state index contributed by atoms with van der Waals surface area (Å²) in [5.74, 6) is -0.465. The normalized spacial score (nSPS) is 17.1. The molecule has 4 rings (SSSR count). The molecule has 0 aliphatic carbocycles. The van der Waals surface area contributed by atoms with Crippen molar-refractivity contribution in [3.63, 3.8) is 0 Å². The minimum Gasteiger partial charge on any atom is -0.449 e. The van der Waals surface area contributed by atoms with Crippen LogP contribution in [0.4, 0.5) is 25.4 Å². The van der Waals surface area contributed by atoms with Crippen LogP contribution in [0.15, 0.2) is 24.4 Å². The number of halogens is 1. The van der Waals surface area contributed by atoms with Crippen molar-refractivity contribution in [1.82, 2.24) is 14.7 Å². The maximum Gasteiger partial charge on any atom is 0.414 e. The molecule has 2 aromatic rings. The van der Waals surface area contributed by atoms with Gasteiger partial charge in [-0.25, -0.2) is 14.0 Å². The van der Waals surface area contributed by atoms with Crippen molar-refractivity contribution in [3.8, 4) is 0 Å². The summed E-state index contributed by atoms with van der Waals surface area (Å²) in [6.45, 7) is 1.18. The van der Waals surface area contributed by atoms with Gasteiger partial charge in [0.25, 0.3) is 0 Å². The Morgan fingerprint density at radius 1 is 1.29 bits per heavy atom. The highest BCUT2D eigenvalue weighted by molar-refractivity contribution is 7.64. The Hall–Kier alpha value is -2.60. The minimum atomic E-state index is -2.50. The van der Waals surface area contributed by atoms with Crippen LogP contribution in [0.2, 0.25) is 0 Å². The molecule has 208 valence electrons. The fourth-order valence-corrected chi connectivity index (χ4v) is 6.01. The number of hydrogen-bond donors (Lipinski definition) is 4. The number of likely N-dealkylation sites (N-methyl/N-ethyl adjacent to an activating group) is 1. The second-order valence-corrected chi connectivity index (χ2v) is 12.0. The summed E-state index contributed by atoms with van der Waals surface area (Å²) in [6.07, 6.45) is 0.0604. The van der Waals surface area contributed by atoms with E-state index >= 15 is 4.39 Å². The lowest BCUT2D eigenvalue weighted by molar-refractivity contribution is 0.0838. The molecule has 13 nitrogen and oxygen atoms in total. The van der Waals surface area contributed by atoms with Crippen LogP contribution in [0.5, 0.6) is 0 Å². The van der Waals surface area contributed by atoms with Gasteiger partial charge in [0.2, 0.25) is 0 Å². The van der Waals surface area contributed by atoms with Gasteiger partial charge in [-0.05, 0) is 31.0 Å². The van der Waals surface area contributed by atoms with Crippen molar-refractivity contribution in [1.29, 1.82) is 0 Å². The topological polar surface area (TPSA) is 161 Å². The summed E-state index contributed by atoms with van der Waals surface area (Å²) in [4.78, 5) is 66.0. The standard InChI is InChI=1S/C22H30FN5O8P2/c1-25(21(29)35-7-3-4-20(37(31)32)38(33)34)11-16-12-28(22(30)36-16)15-5-6-18(17(23)8-15)27-10-14-9-24-26(2)19(14)13-27/h5-6,8-9,16,20,31-34H,3-4,7,10-13H2,1-2H3. The first-order valence-corrected chi connectivity index (χ1v) is 14.4. The molecule has 1 atom stereocenters. The van der Waals surface area contributed by atoms with Crippen molar-refractivity contribution in [2.45, 2.75) is 37.4 Å². The zero-order valence-electron chi connectivity index (χ0n) is 20.8. The Morgan fingerprint density at radius 3 is 2.68 bits per heavy atom. The van der Waals surface area contributed by atoms with E-state index in [-0.39, 0.29) is 32.5 Å². The lowest BCUT2D eigenvalue weighted by Gasteiger charge is -2.21. The van der Waals surface area contributed by atoms with E-state index in [0.717, 1.165) is 11.3 Å². The minimum absolute atomic E-state index is 0.0432. The molecule has 38 heavy (non-hydrogen) atoms. The van der Waals surface area contributed by atoms with E-state index in [4.69, 9.17) is 9.47 Å². The maximum atomic E-state index is 15.0. The average molecular weight is 573 g/mol. The summed E-state index contributed by atoms with van der Waals surface area (Å²) in [5, 5.41) is 3.16. The third-order valence-electron chi connectivity index (χ3n) is 6.46. The number of fused-ring (bicyclic) bond motifs is 1. The second-order valence-electron chi connectivity index (χ2n) is 9.11. The van der Waals surface area contributed by atoms with Gasteiger partial charge in [-0.15, -0.1) is 0 Å². The molecule has 4 N–H and O–H groups in total. The van der Waals surface area contributed by atoms with Crippen LogP contribution in [0.1, 0.15) is 24.1 Å². The van der Waals surface area contributed by atoms with E-state index in [1.165, 1.54) is 22.9 Å². The van der Waals surface area contributed by atoms with Gasteiger partial charge in [-0.3, -0.25) is 9.58 Å². The van der Waals surface area contributed by atoms with E-state index in [1.54, 1.807) is 23.0 Å². The fraction of sp³-hybridized carbons (Fsp3) is 0.500. The monoisotopic (exact) mass is 573 g/mol. The molecule has 1 fully saturated rings. The lowest BCUT2D eigenvalue weighted by atomic mass is 10.2. The molecule has 0 radical (unpaired) electrons. The molecule has 16 heteroatoms. The number of anilines is 2. The van der Waals surface area contributed by atoms with Crippen molar-refractivity contribution in [2.24, 2.45) is 7.05 Å². The number of ether oxygens (including phenoxy) is 2. The Morgan fingerprint density at radius 2 is 2.03 bits per heavy atom. The first-order valence-electron chi connectivity index (χ1n) is 11.8. The van der Waals surface area contributed by atoms with Gasteiger partial charge in [0.15, 0.2) is 16.8 Å². The maximum absolute atomic E-state index is 15.0. The van der Waals surface area contributed by atoms with Gasteiger partial charge in [0.1, 0.15) is 11.9 Å². The third-order valence-corrected chi connectivity index (χ3v) is 9.28. The van der Waals surface area contributed by atoms with Crippen LogP contribution in [0.3, 0.4) is 0 Å². The molecule has 2 amide bonds. The van der Waals surface area contributed by atoms with Gasteiger partial charge >= 0.3 is 12.2 Å². The molecular weight excluding hydrogens is 543 g/mol. The Bertz CT molecular complexity index is 1160. The van der Waals surface area contributed by atoms with Gasteiger partial charge in [0.05, 0.1) is 54.9 Å². The summed E-state index contributed by atoms with van der Waals surface area (Å²) in [6, 6.07) is 4.58. The highest BCUT2D eigenvalue weighted by Crippen LogP contribution is 2.51. The number of aryl methyl sites for hydroxylation is 1. The predicted molar refractivity (Wildman–Crippen MR) is 137 cm³/mol. The zero-order valence-corrected chi connectivity index (χ0v) is 22.6. The van der Waals surface area contributed by atoms with Crippen LogP contribution >= 0.6 is 16.8 Å². The Labute approximate surface area is 220 Å². The van der Waals surface area contributed by atoms with Crippen LogP contribution in [0.25, 0.3) is 0 Å². The number of benzene rings is 1.